The fourth-order valence-corrected chi connectivity index (χ4v) is 2.69. The predicted octanol–water partition coefficient (Wildman–Crippen LogP) is 2.12. The average Bonchev–Trinajstić information content (AvgIpc) is 2.86. The maximum atomic E-state index is 4.52. The second-order valence-corrected chi connectivity index (χ2v) is 5.16. The Labute approximate surface area is 110 Å². The van der Waals surface area contributed by atoms with Gasteiger partial charge in [-0.1, -0.05) is 13.8 Å². The zero-order chi connectivity index (χ0) is 12.8. The van der Waals surface area contributed by atoms with Gasteiger partial charge in [-0.3, -0.25) is 0 Å². The lowest BCUT2D eigenvalue weighted by atomic mass is 9.97. The Bertz CT molecular complexity index is 339. The number of imidazole rings is 1. The summed E-state index contributed by atoms with van der Waals surface area (Å²) < 4.78 is 2.28. The zero-order valence-electron chi connectivity index (χ0n) is 11.7. The smallest absolute Gasteiger partial charge is 0.205 e. The molecule has 4 nitrogen and oxygen atoms in total. The van der Waals surface area contributed by atoms with Crippen molar-refractivity contribution >= 4 is 5.95 Å². The monoisotopic (exact) mass is 250 g/mol. The molecule has 0 aliphatic carbocycles. The molecule has 18 heavy (non-hydrogen) atoms. The standard InChI is InChI=1S/C14H26N4/c1-3-8-17-11-7-16-14(17)18-9-5-13(6-10-18)12-15-4-2/h7,11,13,15H,3-6,8-10,12H2,1-2H3. The quantitative estimate of drug-likeness (QED) is 0.839. The molecule has 0 amide bonds. The summed E-state index contributed by atoms with van der Waals surface area (Å²) in [5, 5.41) is 3.46. The van der Waals surface area contributed by atoms with Gasteiger partial charge < -0.3 is 14.8 Å². The van der Waals surface area contributed by atoms with Gasteiger partial charge in [0.25, 0.3) is 0 Å². The maximum absolute atomic E-state index is 4.52. The molecular weight excluding hydrogens is 224 g/mol. The fraction of sp³-hybridized carbons (Fsp3) is 0.786. The number of aryl methyl sites for hydroxylation is 1. The molecule has 1 aromatic heterocycles. The highest BCUT2D eigenvalue weighted by atomic mass is 15.3. The first-order chi connectivity index (χ1) is 8.85. The van der Waals surface area contributed by atoms with Gasteiger partial charge in [-0.15, -0.1) is 0 Å². The van der Waals surface area contributed by atoms with Gasteiger partial charge in [-0.05, 0) is 38.3 Å². The molecule has 1 N–H and O–H groups in total. The number of hydrogen-bond acceptors (Lipinski definition) is 3. The van der Waals surface area contributed by atoms with E-state index in [1.807, 2.05) is 6.20 Å². The highest BCUT2D eigenvalue weighted by Crippen LogP contribution is 2.21. The topological polar surface area (TPSA) is 33.1 Å². The van der Waals surface area contributed by atoms with E-state index < -0.39 is 0 Å². The summed E-state index contributed by atoms with van der Waals surface area (Å²) in [7, 11) is 0. The first-order valence-corrected chi connectivity index (χ1v) is 7.32. The third kappa shape index (κ3) is 3.25. The molecule has 0 saturated carbocycles. The van der Waals surface area contributed by atoms with Crippen LogP contribution in [0.5, 0.6) is 0 Å². The first kappa shape index (κ1) is 13.4. The van der Waals surface area contributed by atoms with Crippen LogP contribution < -0.4 is 10.2 Å². The zero-order valence-corrected chi connectivity index (χ0v) is 11.7. The van der Waals surface area contributed by atoms with Crippen molar-refractivity contribution in [3.05, 3.63) is 12.4 Å². The minimum absolute atomic E-state index is 0.843. The molecule has 0 unspecified atom stereocenters. The summed E-state index contributed by atoms with van der Waals surface area (Å²) in [6.07, 6.45) is 7.76. The molecule has 0 spiro atoms. The van der Waals surface area contributed by atoms with Crippen molar-refractivity contribution in [3.63, 3.8) is 0 Å². The largest absolute Gasteiger partial charge is 0.342 e. The Hall–Kier alpha value is -1.03. The molecule has 1 aliphatic heterocycles. The van der Waals surface area contributed by atoms with Crippen molar-refractivity contribution < 1.29 is 0 Å². The molecule has 0 aromatic carbocycles. The Balaban J connectivity index is 1.86. The minimum Gasteiger partial charge on any atom is -0.342 e. The lowest BCUT2D eigenvalue weighted by Gasteiger charge is -2.33. The Morgan fingerprint density at radius 2 is 2.11 bits per heavy atom. The van der Waals surface area contributed by atoms with Crippen LogP contribution in [0, 0.1) is 5.92 Å². The number of nitrogens with zero attached hydrogens (tertiary/aromatic N) is 3. The highest BCUT2D eigenvalue weighted by Gasteiger charge is 2.21. The van der Waals surface area contributed by atoms with Crippen LogP contribution in [0.1, 0.15) is 33.1 Å². The maximum Gasteiger partial charge on any atom is 0.205 e. The van der Waals surface area contributed by atoms with Gasteiger partial charge >= 0.3 is 0 Å². The second-order valence-electron chi connectivity index (χ2n) is 5.16. The summed E-state index contributed by atoms with van der Waals surface area (Å²) in [5.74, 6) is 2.01. The van der Waals surface area contributed by atoms with Crippen LogP contribution in [0.25, 0.3) is 0 Å². The average molecular weight is 250 g/mol. The van der Waals surface area contributed by atoms with Gasteiger partial charge in [-0.2, -0.15) is 0 Å². The van der Waals surface area contributed by atoms with E-state index in [1.54, 1.807) is 0 Å². The van der Waals surface area contributed by atoms with E-state index in [0.717, 1.165) is 32.1 Å². The number of anilines is 1. The van der Waals surface area contributed by atoms with Crippen molar-refractivity contribution in [1.29, 1.82) is 0 Å². The lowest BCUT2D eigenvalue weighted by Crippen LogP contribution is -2.38. The molecule has 1 aromatic rings. The Morgan fingerprint density at radius 3 is 2.78 bits per heavy atom. The third-order valence-corrected chi connectivity index (χ3v) is 3.74. The van der Waals surface area contributed by atoms with Crippen LogP contribution in [0.15, 0.2) is 12.4 Å². The van der Waals surface area contributed by atoms with Gasteiger partial charge in [0.2, 0.25) is 5.95 Å². The van der Waals surface area contributed by atoms with Crippen LogP contribution in [0.3, 0.4) is 0 Å². The summed E-state index contributed by atoms with van der Waals surface area (Å²) in [6, 6.07) is 0. The number of piperidine rings is 1. The van der Waals surface area contributed by atoms with E-state index >= 15 is 0 Å². The van der Waals surface area contributed by atoms with Gasteiger partial charge in [0.15, 0.2) is 0 Å². The van der Waals surface area contributed by atoms with E-state index in [1.165, 1.54) is 31.8 Å². The summed E-state index contributed by atoms with van der Waals surface area (Å²) in [4.78, 5) is 6.96. The van der Waals surface area contributed by atoms with Crippen molar-refractivity contribution in [2.75, 3.05) is 31.1 Å². The molecule has 1 saturated heterocycles. The minimum atomic E-state index is 0.843. The lowest BCUT2D eigenvalue weighted by molar-refractivity contribution is 0.382. The van der Waals surface area contributed by atoms with Gasteiger partial charge in [0.05, 0.1) is 0 Å². The van der Waals surface area contributed by atoms with Crippen LogP contribution in [0.4, 0.5) is 5.95 Å². The van der Waals surface area contributed by atoms with Crippen LogP contribution in [0.2, 0.25) is 0 Å². The molecule has 0 bridgehead atoms. The van der Waals surface area contributed by atoms with Crippen LogP contribution >= 0.6 is 0 Å². The number of hydrogen-bond donors (Lipinski definition) is 1. The van der Waals surface area contributed by atoms with E-state index in [9.17, 15) is 0 Å². The Kier molecular flexibility index (Phi) is 5.05. The molecule has 1 aliphatic rings. The highest BCUT2D eigenvalue weighted by molar-refractivity contribution is 5.31. The van der Waals surface area contributed by atoms with Gasteiger partial charge in [0.1, 0.15) is 0 Å². The van der Waals surface area contributed by atoms with E-state index in [4.69, 9.17) is 0 Å². The van der Waals surface area contributed by atoms with Crippen molar-refractivity contribution in [1.82, 2.24) is 14.9 Å². The van der Waals surface area contributed by atoms with Crippen LogP contribution in [-0.4, -0.2) is 35.7 Å². The number of rotatable bonds is 6. The van der Waals surface area contributed by atoms with Crippen molar-refractivity contribution in [2.24, 2.45) is 5.92 Å². The number of nitrogens with one attached hydrogen (secondary N) is 1. The molecule has 0 atom stereocenters. The molecule has 2 heterocycles. The van der Waals surface area contributed by atoms with E-state index in [0.29, 0.717) is 0 Å². The molecule has 4 heteroatoms. The summed E-state index contributed by atoms with van der Waals surface area (Å²) in [5.41, 5.74) is 0. The second kappa shape index (κ2) is 6.78. The van der Waals surface area contributed by atoms with E-state index in [2.05, 4.69) is 39.8 Å². The Morgan fingerprint density at radius 1 is 1.33 bits per heavy atom. The van der Waals surface area contributed by atoms with Crippen molar-refractivity contribution in [3.8, 4) is 0 Å². The van der Waals surface area contributed by atoms with Crippen molar-refractivity contribution in [2.45, 2.75) is 39.7 Å². The SMILES string of the molecule is CCCn1ccnc1N1CCC(CNCC)CC1. The van der Waals surface area contributed by atoms with Crippen LogP contribution in [-0.2, 0) is 6.54 Å². The predicted molar refractivity (Wildman–Crippen MR) is 76.0 cm³/mol. The fourth-order valence-electron chi connectivity index (χ4n) is 2.69. The molecule has 102 valence electrons. The normalized spacial score (nSPS) is 17.3. The van der Waals surface area contributed by atoms with Gasteiger partial charge in [-0.25, -0.2) is 4.98 Å². The van der Waals surface area contributed by atoms with Gasteiger partial charge in [0, 0.05) is 32.0 Å². The first-order valence-electron chi connectivity index (χ1n) is 7.32. The third-order valence-electron chi connectivity index (χ3n) is 3.74. The number of aromatic nitrogens is 2. The van der Waals surface area contributed by atoms with E-state index in [-0.39, 0.29) is 0 Å². The molecular formula is C14H26N4. The molecule has 0 radical (unpaired) electrons. The molecule has 1 fully saturated rings. The summed E-state index contributed by atoms with van der Waals surface area (Å²) >= 11 is 0. The summed E-state index contributed by atoms with van der Waals surface area (Å²) in [6.45, 7) is 10.0. The molecule has 2 rings (SSSR count).